The van der Waals surface area contributed by atoms with Crippen molar-refractivity contribution in [1.82, 2.24) is 14.6 Å². The van der Waals surface area contributed by atoms with Crippen LogP contribution >= 0.6 is 7.82 Å². The first-order valence-electron chi connectivity index (χ1n) is 20.2. The van der Waals surface area contributed by atoms with E-state index in [1.165, 1.54) is 100 Å². The highest BCUT2D eigenvalue weighted by Crippen LogP contribution is 2.46. The number of aromatic carboxylic acids is 1. The molecule has 1 unspecified atom stereocenters. The number of aliphatic hydroxyl groups is 1. The van der Waals surface area contributed by atoms with E-state index in [9.17, 15) is 29.7 Å². The zero-order valence-electron chi connectivity index (χ0n) is 32.7. The summed E-state index contributed by atoms with van der Waals surface area (Å²) in [4.78, 5) is 26.4. The molecule has 1 saturated heterocycles. The van der Waals surface area contributed by atoms with Gasteiger partial charge in [-0.25, -0.2) is 18.9 Å². The molecule has 6 N–H and O–H groups in total. The van der Waals surface area contributed by atoms with Crippen molar-refractivity contribution in [1.29, 1.82) is 5.26 Å². The summed E-state index contributed by atoms with van der Waals surface area (Å²) in [5.41, 5.74) is 5.37. The van der Waals surface area contributed by atoms with Crippen LogP contribution in [0, 0.1) is 11.3 Å². The van der Waals surface area contributed by atoms with Gasteiger partial charge in [0.25, 0.3) is 0 Å². The van der Waals surface area contributed by atoms with E-state index in [0.717, 1.165) is 19.3 Å². The van der Waals surface area contributed by atoms with Crippen LogP contribution in [-0.2, 0) is 28.7 Å². The molecule has 2 aromatic heterocycles. The van der Waals surface area contributed by atoms with Crippen LogP contribution in [0.15, 0.2) is 42.7 Å². The van der Waals surface area contributed by atoms with Gasteiger partial charge >= 0.3 is 13.8 Å². The number of benzene rings is 1. The molecule has 1 aromatic carbocycles. The molecule has 1 aliphatic heterocycles. The quantitative estimate of drug-likeness (QED) is 0.0334. The molecule has 310 valence electrons. The SMILES string of the molecule is CCCCCCCCCCCCCCCCCCOC[C@H](COP(=O)(O)OC[C@H]1O[C@@](C#N)(c2ccc3c(N)ncnn23)C[C@@H]1O)Nc1ccccc1C(=O)O. The van der Waals surface area contributed by atoms with E-state index >= 15 is 0 Å². The van der Waals surface area contributed by atoms with Crippen molar-refractivity contribution < 1.29 is 43.0 Å². The Bertz CT molecular complexity index is 1720. The maximum absolute atomic E-state index is 13.0. The Kier molecular flexibility index (Phi) is 19.0. The minimum atomic E-state index is -4.72. The zero-order chi connectivity index (χ0) is 40.2. The van der Waals surface area contributed by atoms with Crippen LogP contribution in [-0.4, -0.2) is 80.4 Å². The topological polar surface area (TPSA) is 224 Å². The normalized spacial score (nSPS) is 19.8. The van der Waals surface area contributed by atoms with Gasteiger partial charge in [-0.05, 0) is 30.7 Å². The first-order valence-corrected chi connectivity index (χ1v) is 21.7. The van der Waals surface area contributed by atoms with Crippen molar-refractivity contribution in [2.24, 2.45) is 0 Å². The summed E-state index contributed by atoms with van der Waals surface area (Å²) in [5, 5.41) is 37.8. The number of unbranched alkanes of at least 4 members (excludes halogenated alkanes) is 15. The Labute approximate surface area is 330 Å². The summed E-state index contributed by atoms with van der Waals surface area (Å²) < 4.78 is 36.9. The number of carbonyl (C=O) groups is 1. The van der Waals surface area contributed by atoms with E-state index in [4.69, 9.17) is 24.3 Å². The van der Waals surface area contributed by atoms with Crippen LogP contribution in [0.1, 0.15) is 132 Å². The van der Waals surface area contributed by atoms with Crippen molar-refractivity contribution in [3.8, 4) is 6.07 Å². The number of nitrogen functional groups attached to an aromatic ring is 1. The highest BCUT2D eigenvalue weighted by Gasteiger charge is 2.50. The van der Waals surface area contributed by atoms with Gasteiger partial charge in [0.1, 0.15) is 24.0 Å². The third kappa shape index (κ3) is 14.1. The summed E-state index contributed by atoms with van der Waals surface area (Å²) in [6.45, 7) is 1.87. The fourth-order valence-electron chi connectivity index (χ4n) is 7.02. The summed E-state index contributed by atoms with van der Waals surface area (Å²) in [6.07, 6.45) is 19.0. The number of phosphoric ester groups is 1. The second-order valence-corrected chi connectivity index (χ2v) is 16.1. The number of nitriles is 1. The van der Waals surface area contributed by atoms with Crippen molar-refractivity contribution in [3.05, 3.63) is 54.0 Å². The van der Waals surface area contributed by atoms with Crippen molar-refractivity contribution in [2.45, 2.75) is 140 Å². The molecule has 16 heteroatoms. The van der Waals surface area contributed by atoms with Crippen LogP contribution in [0.4, 0.5) is 11.5 Å². The van der Waals surface area contributed by atoms with Crippen LogP contribution < -0.4 is 11.1 Å². The molecular weight excluding hydrogens is 739 g/mol. The number of ether oxygens (including phenoxy) is 2. The second kappa shape index (κ2) is 23.6. The van der Waals surface area contributed by atoms with Gasteiger partial charge in [0.05, 0.1) is 43.2 Å². The predicted molar refractivity (Wildman–Crippen MR) is 213 cm³/mol. The van der Waals surface area contributed by atoms with Gasteiger partial charge in [0.15, 0.2) is 11.4 Å². The Morgan fingerprint density at radius 3 is 2.25 bits per heavy atom. The summed E-state index contributed by atoms with van der Waals surface area (Å²) in [5.74, 6) is -0.938. The molecule has 3 aromatic rings. The summed E-state index contributed by atoms with van der Waals surface area (Å²) >= 11 is 0. The number of carboxylic acid groups (broad SMARTS) is 1. The zero-order valence-corrected chi connectivity index (χ0v) is 33.6. The average Bonchev–Trinajstić information content (AvgIpc) is 3.78. The fraction of sp³-hybridized carbons (Fsp3) is 0.650. The van der Waals surface area contributed by atoms with Crippen LogP contribution in [0.3, 0.4) is 0 Å². The lowest BCUT2D eigenvalue weighted by Crippen LogP contribution is -2.32. The van der Waals surface area contributed by atoms with Gasteiger partial charge in [-0.1, -0.05) is 115 Å². The largest absolute Gasteiger partial charge is 0.478 e. The van der Waals surface area contributed by atoms with Crippen molar-refractivity contribution >= 4 is 30.8 Å². The number of aliphatic hydroxyl groups excluding tert-OH is 1. The molecule has 56 heavy (non-hydrogen) atoms. The molecule has 3 heterocycles. The van der Waals surface area contributed by atoms with Crippen molar-refractivity contribution in [2.75, 3.05) is 37.5 Å². The third-order valence-corrected chi connectivity index (χ3v) is 11.1. The number of fused-ring (bicyclic) bond motifs is 1. The number of anilines is 2. The van der Waals surface area contributed by atoms with E-state index < -0.39 is 44.2 Å². The summed E-state index contributed by atoms with van der Waals surface area (Å²) in [6, 6.07) is 10.9. The molecule has 0 radical (unpaired) electrons. The van der Waals surface area contributed by atoms with Gasteiger partial charge < -0.3 is 35.6 Å². The Hall–Kier alpha value is -3.61. The molecule has 0 saturated carbocycles. The maximum atomic E-state index is 13.0. The van der Waals surface area contributed by atoms with E-state index in [-0.39, 0.29) is 31.0 Å². The summed E-state index contributed by atoms with van der Waals surface area (Å²) in [7, 11) is -4.72. The lowest BCUT2D eigenvalue weighted by molar-refractivity contribution is -0.0526. The molecule has 1 aliphatic rings. The van der Waals surface area contributed by atoms with Gasteiger partial charge in [-0.2, -0.15) is 10.4 Å². The highest BCUT2D eigenvalue weighted by molar-refractivity contribution is 7.47. The van der Waals surface area contributed by atoms with Gasteiger partial charge in [0.2, 0.25) is 0 Å². The smallest absolute Gasteiger partial charge is 0.472 e. The molecule has 0 bridgehead atoms. The Balaban J connectivity index is 1.19. The van der Waals surface area contributed by atoms with E-state index in [2.05, 4.69) is 28.4 Å². The number of para-hydroxylation sites is 1. The number of aromatic nitrogens is 3. The monoisotopic (exact) mass is 800 g/mol. The number of nitrogens with zero attached hydrogens (tertiary/aromatic N) is 4. The number of hydrogen-bond acceptors (Lipinski definition) is 12. The van der Waals surface area contributed by atoms with E-state index in [0.29, 0.717) is 23.5 Å². The molecule has 0 spiro atoms. The maximum Gasteiger partial charge on any atom is 0.472 e. The number of rotatable bonds is 29. The number of nitrogens with two attached hydrogens (primary N) is 1. The molecule has 4 rings (SSSR count). The van der Waals surface area contributed by atoms with Crippen molar-refractivity contribution in [3.63, 3.8) is 0 Å². The van der Waals surface area contributed by atoms with Crippen LogP contribution in [0.25, 0.3) is 5.52 Å². The Morgan fingerprint density at radius 1 is 1.00 bits per heavy atom. The highest BCUT2D eigenvalue weighted by atomic mass is 31.2. The number of carboxylic acids is 1. The molecule has 1 fully saturated rings. The second-order valence-electron chi connectivity index (χ2n) is 14.7. The minimum Gasteiger partial charge on any atom is -0.478 e. The molecule has 0 aliphatic carbocycles. The van der Waals surface area contributed by atoms with Gasteiger partial charge in [-0.3, -0.25) is 9.05 Å². The van der Waals surface area contributed by atoms with Gasteiger partial charge in [0, 0.05) is 18.7 Å². The Morgan fingerprint density at radius 2 is 1.62 bits per heavy atom. The van der Waals surface area contributed by atoms with E-state index in [1.807, 2.05) is 0 Å². The lowest BCUT2D eigenvalue weighted by Gasteiger charge is -2.24. The lowest BCUT2D eigenvalue weighted by atomic mass is 9.96. The average molecular weight is 801 g/mol. The molecule has 5 atom stereocenters. The predicted octanol–water partition coefficient (Wildman–Crippen LogP) is 7.77. The number of phosphoric acid groups is 1. The molecule has 0 amide bonds. The number of nitrogens with one attached hydrogen (secondary N) is 1. The first kappa shape index (κ1) is 45.1. The standard InChI is InChI=1S/C40H61N6O9P/c1-2-3-4-5-6-7-8-9-10-11-12-13-14-15-16-19-24-52-26-31(45-33-21-18-17-20-32(33)39(48)49)27-53-56(50,51)54-28-36-35(47)25-40(29-41,55-36)37-23-22-34-38(42)43-30-44-46(34)37/h17-18,20-23,30-31,35-36,45,47H,2-16,19,24-28H2,1H3,(H,48,49)(H,50,51)(H2,42,43,44)/t31-,35+,36-,40+/m1/s1. The fourth-order valence-corrected chi connectivity index (χ4v) is 7.80. The molecular formula is C40H61N6O9P. The van der Waals surface area contributed by atoms with Crippen LogP contribution in [0.2, 0.25) is 0 Å². The number of hydrogen-bond donors (Lipinski definition) is 5. The molecule has 15 nitrogen and oxygen atoms in total. The minimum absolute atomic E-state index is 0.0250. The van der Waals surface area contributed by atoms with Crippen LogP contribution in [0.5, 0.6) is 0 Å². The first-order chi connectivity index (χ1) is 27.1. The van der Waals surface area contributed by atoms with E-state index in [1.54, 1.807) is 30.3 Å². The third-order valence-electron chi connectivity index (χ3n) is 10.2. The van der Waals surface area contributed by atoms with Gasteiger partial charge in [-0.15, -0.1) is 0 Å².